The van der Waals surface area contributed by atoms with Gasteiger partial charge in [-0.05, 0) is 43.1 Å². The van der Waals surface area contributed by atoms with Crippen LogP contribution in [0.2, 0.25) is 0 Å². The Morgan fingerprint density at radius 1 is 1.50 bits per heavy atom. The van der Waals surface area contributed by atoms with Crippen molar-refractivity contribution in [3.05, 3.63) is 23.5 Å². The molecule has 0 amide bonds. The fourth-order valence-corrected chi connectivity index (χ4v) is 4.07. The normalized spacial score (nSPS) is 43.6. The fraction of sp³-hybridized carbons (Fsp3) is 0.667. The lowest BCUT2D eigenvalue weighted by atomic mass is 9.56. The Hall–Kier alpha value is -1.25. The zero-order chi connectivity index (χ0) is 13.1. The lowest BCUT2D eigenvalue weighted by Gasteiger charge is -2.48. The molecule has 1 saturated heterocycles. The lowest BCUT2D eigenvalue weighted by molar-refractivity contribution is -0.142. The summed E-state index contributed by atoms with van der Waals surface area (Å²) in [6, 6.07) is 0. The van der Waals surface area contributed by atoms with Crippen LogP contribution in [-0.4, -0.2) is 17.2 Å². The molecule has 3 rings (SSSR count). The highest BCUT2D eigenvalue weighted by molar-refractivity contribution is 5.90. The maximum absolute atomic E-state index is 11.6. The summed E-state index contributed by atoms with van der Waals surface area (Å²) in [4.78, 5) is 11.6. The molecule has 1 saturated carbocycles. The van der Waals surface area contributed by atoms with Crippen molar-refractivity contribution in [3.63, 3.8) is 0 Å². The van der Waals surface area contributed by atoms with Crippen LogP contribution in [0.4, 0.5) is 0 Å². The van der Waals surface area contributed by atoms with Gasteiger partial charge < -0.3 is 9.84 Å². The van der Waals surface area contributed by atoms with Crippen LogP contribution in [0.15, 0.2) is 23.5 Å². The predicted octanol–water partition coefficient (Wildman–Crippen LogP) is 3.13. The van der Waals surface area contributed by atoms with Gasteiger partial charge in [0.25, 0.3) is 0 Å². The SMILES string of the molecule is C=C1C(=O)OC2CC3(C)CCC(O)=C(C)C3CC12. The van der Waals surface area contributed by atoms with Crippen molar-refractivity contribution in [1.29, 1.82) is 0 Å². The van der Waals surface area contributed by atoms with E-state index in [-0.39, 0.29) is 23.4 Å². The van der Waals surface area contributed by atoms with Gasteiger partial charge in [-0.25, -0.2) is 4.79 Å². The average molecular weight is 248 g/mol. The first kappa shape index (κ1) is 11.8. The van der Waals surface area contributed by atoms with Crippen LogP contribution in [0.25, 0.3) is 0 Å². The van der Waals surface area contributed by atoms with Gasteiger partial charge in [0.1, 0.15) is 6.10 Å². The van der Waals surface area contributed by atoms with Gasteiger partial charge >= 0.3 is 5.97 Å². The Morgan fingerprint density at radius 2 is 2.22 bits per heavy atom. The monoisotopic (exact) mass is 248 g/mol. The van der Waals surface area contributed by atoms with Crippen molar-refractivity contribution in [3.8, 4) is 0 Å². The first-order valence-corrected chi connectivity index (χ1v) is 6.71. The highest BCUT2D eigenvalue weighted by Gasteiger charge is 2.52. The molecule has 4 atom stereocenters. The number of hydrogen-bond donors (Lipinski definition) is 1. The highest BCUT2D eigenvalue weighted by Crippen LogP contribution is 2.56. The summed E-state index contributed by atoms with van der Waals surface area (Å²) in [6.45, 7) is 8.16. The van der Waals surface area contributed by atoms with E-state index in [0.717, 1.165) is 31.3 Å². The molecular formula is C15H20O3. The van der Waals surface area contributed by atoms with Crippen LogP contribution < -0.4 is 0 Å². The van der Waals surface area contributed by atoms with Crippen molar-refractivity contribution in [2.45, 2.75) is 45.6 Å². The van der Waals surface area contributed by atoms with Crippen LogP contribution >= 0.6 is 0 Å². The largest absolute Gasteiger partial charge is 0.512 e. The molecular weight excluding hydrogens is 228 g/mol. The molecule has 98 valence electrons. The smallest absolute Gasteiger partial charge is 0.334 e. The minimum atomic E-state index is -0.224. The van der Waals surface area contributed by atoms with Crippen molar-refractivity contribution < 1.29 is 14.6 Å². The number of ether oxygens (including phenoxy) is 1. The number of hydrogen-bond acceptors (Lipinski definition) is 3. The number of carbonyl (C=O) groups is 1. The summed E-state index contributed by atoms with van der Waals surface area (Å²) in [5.74, 6) is 0.833. The molecule has 1 heterocycles. The van der Waals surface area contributed by atoms with Crippen molar-refractivity contribution >= 4 is 5.97 Å². The first-order chi connectivity index (χ1) is 8.42. The van der Waals surface area contributed by atoms with Gasteiger partial charge in [0, 0.05) is 17.9 Å². The number of rotatable bonds is 0. The Labute approximate surface area is 108 Å². The molecule has 1 N–H and O–H groups in total. The van der Waals surface area contributed by atoms with Crippen LogP contribution in [-0.2, 0) is 9.53 Å². The molecule has 0 aromatic heterocycles. The van der Waals surface area contributed by atoms with E-state index in [9.17, 15) is 9.90 Å². The van der Waals surface area contributed by atoms with Gasteiger partial charge in [-0.1, -0.05) is 13.5 Å². The molecule has 0 spiro atoms. The van der Waals surface area contributed by atoms with Gasteiger partial charge in [0.05, 0.1) is 5.76 Å². The van der Waals surface area contributed by atoms with E-state index >= 15 is 0 Å². The Kier molecular flexibility index (Phi) is 2.38. The van der Waals surface area contributed by atoms with Crippen molar-refractivity contribution in [2.24, 2.45) is 17.3 Å². The molecule has 0 radical (unpaired) electrons. The Morgan fingerprint density at radius 3 is 2.94 bits per heavy atom. The van der Waals surface area contributed by atoms with E-state index < -0.39 is 0 Å². The summed E-state index contributed by atoms with van der Waals surface area (Å²) < 4.78 is 5.44. The zero-order valence-corrected chi connectivity index (χ0v) is 11.0. The number of aliphatic hydroxyl groups is 1. The molecule has 3 heteroatoms. The third kappa shape index (κ3) is 1.46. The van der Waals surface area contributed by atoms with E-state index in [1.165, 1.54) is 0 Å². The minimum absolute atomic E-state index is 0.0132. The molecule has 0 aromatic rings. The maximum atomic E-state index is 11.6. The molecule has 2 aliphatic carbocycles. The van der Waals surface area contributed by atoms with E-state index in [4.69, 9.17) is 4.74 Å². The molecule has 4 unspecified atom stereocenters. The summed E-state index contributed by atoms with van der Waals surface area (Å²) in [5.41, 5.74) is 1.89. The summed E-state index contributed by atoms with van der Waals surface area (Å²) in [6.07, 6.45) is 3.54. The summed E-state index contributed by atoms with van der Waals surface area (Å²) in [7, 11) is 0. The lowest BCUT2D eigenvalue weighted by Crippen LogP contribution is -2.43. The summed E-state index contributed by atoms with van der Waals surface area (Å²) in [5, 5.41) is 9.95. The number of esters is 1. The van der Waals surface area contributed by atoms with E-state index in [1.807, 2.05) is 6.92 Å². The van der Waals surface area contributed by atoms with E-state index in [2.05, 4.69) is 13.5 Å². The van der Waals surface area contributed by atoms with Crippen LogP contribution in [0.5, 0.6) is 0 Å². The molecule has 3 nitrogen and oxygen atoms in total. The molecule has 2 fully saturated rings. The number of aliphatic hydroxyl groups excluding tert-OH is 1. The fourth-order valence-electron chi connectivity index (χ4n) is 4.07. The second-order valence-corrected chi connectivity index (χ2v) is 6.35. The van der Waals surface area contributed by atoms with Gasteiger partial charge in [-0.15, -0.1) is 0 Å². The minimum Gasteiger partial charge on any atom is -0.512 e. The molecule has 0 aromatic carbocycles. The number of carbonyl (C=O) groups excluding carboxylic acids is 1. The molecule has 0 bridgehead atoms. The van der Waals surface area contributed by atoms with E-state index in [1.54, 1.807) is 0 Å². The Bertz CT molecular complexity index is 462. The van der Waals surface area contributed by atoms with Crippen LogP contribution in [0, 0.1) is 17.3 Å². The Balaban J connectivity index is 1.95. The van der Waals surface area contributed by atoms with Crippen LogP contribution in [0.3, 0.4) is 0 Å². The average Bonchev–Trinajstić information content (AvgIpc) is 2.58. The quantitative estimate of drug-likeness (QED) is 0.529. The topological polar surface area (TPSA) is 46.5 Å². The van der Waals surface area contributed by atoms with Crippen LogP contribution in [0.1, 0.15) is 39.5 Å². The molecule has 1 aliphatic heterocycles. The molecule has 18 heavy (non-hydrogen) atoms. The highest BCUT2D eigenvalue weighted by atomic mass is 16.6. The van der Waals surface area contributed by atoms with Crippen molar-refractivity contribution in [2.75, 3.05) is 0 Å². The third-order valence-electron chi connectivity index (χ3n) is 5.33. The maximum Gasteiger partial charge on any atom is 0.334 e. The summed E-state index contributed by atoms with van der Waals surface area (Å²) >= 11 is 0. The zero-order valence-electron chi connectivity index (χ0n) is 11.0. The van der Waals surface area contributed by atoms with Gasteiger partial charge in [-0.2, -0.15) is 0 Å². The number of allylic oxidation sites excluding steroid dienone is 2. The van der Waals surface area contributed by atoms with Gasteiger partial charge in [-0.3, -0.25) is 0 Å². The predicted molar refractivity (Wildman–Crippen MR) is 67.9 cm³/mol. The second kappa shape index (κ2) is 3.62. The number of fused-ring (bicyclic) bond motifs is 2. The third-order valence-corrected chi connectivity index (χ3v) is 5.33. The van der Waals surface area contributed by atoms with Crippen molar-refractivity contribution in [1.82, 2.24) is 0 Å². The first-order valence-electron chi connectivity index (χ1n) is 6.71. The van der Waals surface area contributed by atoms with E-state index in [0.29, 0.717) is 17.3 Å². The van der Waals surface area contributed by atoms with Gasteiger partial charge in [0.2, 0.25) is 0 Å². The molecule has 3 aliphatic rings. The van der Waals surface area contributed by atoms with Gasteiger partial charge in [0.15, 0.2) is 0 Å². The standard InChI is InChI=1S/C15H20O3/c1-8-10-6-11-9(2)12(16)4-5-15(11,3)7-13(10)18-14(8)17/h10-11,13,16H,1,4-7H2,2-3H3. The second-order valence-electron chi connectivity index (χ2n) is 6.35.